The normalized spacial score (nSPS) is 18.3. The van der Waals surface area contributed by atoms with Crippen molar-refractivity contribution in [2.45, 2.75) is 64.7 Å². The number of nitrogens with zero attached hydrogens (tertiary/aromatic N) is 1. The monoisotopic (exact) mass is 415 g/mol. The van der Waals surface area contributed by atoms with E-state index >= 15 is 0 Å². The average molecular weight is 415 g/mol. The molecule has 30 heavy (non-hydrogen) atoms. The van der Waals surface area contributed by atoms with Crippen LogP contribution < -0.4 is 15.8 Å². The second-order valence-electron chi connectivity index (χ2n) is 7.61. The van der Waals surface area contributed by atoms with Crippen molar-refractivity contribution in [2.24, 2.45) is 0 Å². The van der Waals surface area contributed by atoms with Crippen LogP contribution in [0.2, 0.25) is 0 Å². The van der Waals surface area contributed by atoms with Crippen molar-refractivity contribution in [1.82, 2.24) is 10.3 Å². The summed E-state index contributed by atoms with van der Waals surface area (Å²) in [6.07, 6.45) is 4.02. The van der Waals surface area contributed by atoms with Gasteiger partial charge in [0.15, 0.2) is 0 Å². The fourth-order valence-corrected chi connectivity index (χ4v) is 3.54. The smallest absolute Gasteiger partial charge is 0.373 e. The second kappa shape index (κ2) is 11.3. The minimum atomic E-state index is -0.0451. The van der Waals surface area contributed by atoms with Gasteiger partial charge in [-0.25, -0.2) is 0 Å². The molecule has 0 bridgehead atoms. The number of hydrogen-bond donors (Lipinski definition) is 2. The lowest BCUT2D eigenvalue weighted by Gasteiger charge is -2.30. The van der Waals surface area contributed by atoms with E-state index < -0.39 is 0 Å². The zero-order chi connectivity index (χ0) is 22.1. The molecule has 1 heterocycles. The van der Waals surface area contributed by atoms with Crippen LogP contribution in [0.25, 0.3) is 10.9 Å². The van der Waals surface area contributed by atoms with E-state index in [1.165, 1.54) is 0 Å². The number of carbonyl (C=O) groups excluding carboxylic acids is 3. The van der Waals surface area contributed by atoms with Gasteiger partial charge in [-0.15, -0.1) is 0 Å². The van der Waals surface area contributed by atoms with Crippen LogP contribution in [0.5, 0.6) is 5.75 Å². The Bertz CT molecular complexity index is 886. The van der Waals surface area contributed by atoms with Crippen molar-refractivity contribution in [3.05, 3.63) is 30.0 Å². The van der Waals surface area contributed by atoms with Gasteiger partial charge in [-0.3, -0.25) is 9.78 Å². The van der Waals surface area contributed by atoms with Gasteiger partial charge in [0.25, 0.3) is 0 Å². The molecular formula is C22H29N3O5. The van der Waals surface area contributed by atoms with Gasteiger partial charge in [-0.1, -0.05) is 6.07 Å². The first kappa shape index (κ1) is 23.3. The number of benzene rings is 1. The summed E-state index contributed by atoms with van der Waals surface area (Å²) in [6, 6.07) is 7.92. The average Bonchev–Trinajstić information content (AvgIpc) is 2.68. The number of fused-ring (bicyclic) bond motifs is 1. The number of ether oxygens (including phenoxy) is 2. The van der Waals surface area contributed by atoms with E-state index in [2.05, 4.69) is 10.3 Å². The summed E-state index contributed by atoms with van der Waals surface area (Å²) in [5.41, 5.74) is 8.66. The number of aryl methyl sites for hydroxylation is 1. The number of pyridine rings is 1. The number of anilines is 1. The van der Waals surface area contributed by atoms with Crippen molar-refractivity contribution >= 4 is 28.6 Å². The Labute approximate surface area is 176 Å². The predicted molar refractivity (Wildman–Crippen MR) is 112 cm³/mol. The van der Waals surface area contributed by atoms with Gasteiger partial charge >= 0.3 is 6.15 Å². The Balaban J connectivity index is 0.00000101. The fourth-order valence-electron chi connectivity index (χ4n) is 3.54. The number of hydrogen-bond acceptors (Lipinski definition) is 7. The molecule has 2 aromatic rings. The van der Waals surface area contributed by atoms with Crippen LogP contribution in [0.3, 0.4) is 0 Å². The molecule has 0 atom stereocenters. The van der Waals surface area contributed by atoms with Gasteiger partial charge in [0.05, 0.1) is 23.1 Å². The molecular weight excluding hydrogens is 386 g/mol. The highest BCUT2D eigenvalue weighted by Crippen LogP contribution is 2.33. The van der Waals surface area contributed by atoms with E-state index in [1.807, 2.05) is 45.0 Å². The summed E-state index contributed by atoms with van der Waals surface area (Å²) >= 11 is 0. The van der Waals surface area contributed by atoms with E-state index in [4.69, 9.17) is 24.8 Å². The van der Waals surface area contributed by atoms with E-state index in [1.54, 1.807) is 0 Å². The summed E-state index contributed by atoms with van der Waals surface area (Å²) in [7, 11) is 0. The van der Waals surface area contributed by atoms with E-state index in [0.29, 0.717) is 5.69 Å². The summed E-state index contributed by atoms with van der Waals surface area (Å²) in [4.78, 5) is 32.7. The molecule has 1 aliphatic rings. The van der Waals surface area contributed by atoms with Gasteiger partial charge < -0.3 is 20.5 Å². The zero-order valence-corrected chi connectivity index (χ0v) is 17.6. The molecule has 3 N–H and O–H groups in total. The highest BCUT2D eigenvalue weighted by molar-refractivity contribution is 5.95. The number of rotatable bonds is 6. The van der Waals surface area contributed by atoms with Crippen LogP contribution >= 0.6 is 0 Å². The maximum absolute atomic E-state index is 11.9. The maximum Gasteiger partial charge on any atom is 0.373 e. The molecule has 1 aromatic heterocycles. The summed E-state index contributed by atoms with van der Waals surface area (Å²) in [6.45, 7) is 5.90. The summed E-state index contributed by atoms with van der Waals surface area (Å²) in [5.74, 6) is 0.742. The molecule has 1 aliphatic carbocycles. The van der Waals surface area contributed by atoms with E-state index in [-0.39, 0.29) is 36.9 Å². The Hall–Kier alpha value is -2.96. The lowest BCUT2D eigenvalue weighted by atomic mass is 9.93. The Morgan fingerprint density at radius 2 is 1.93 bits per heavy atom. The van der Waals surface area contributed by atoms with Crippen LogP contribution in [0.15, 0.2) is 24.3 Å². The number of nitrogens with two attached hydrogens (primary N) is 1. The number of aromatic nitrogens is 1. The molecule has 8 nitrogen and oxygen atoms in total. The van der Waals surface area contributed by atoms with Crippen LogP contribution in [-0.2, 0) is 19.1 Å². The van der Waals surface area contributed by atoms with Crippen molar-refractivity contribution < 1.29 is 23.9 Å². The first-order chi connectivity index (χ1) is 14.3. The van der Waals surface area contributed by atoms with Crippen molar-refractivity contribution in [2.75, 3.05) is 12.3 Å². The molecule has 162 valence electrons. The van der Waals surface area contributed by atoms with E-state index in [9.17, 15) is 4.79 Å². The van der Waals surface area contributed by atoms with Crippen molar-refractivity contribution in [1.29, 1.82) is 0 Å². The molecule has 0 unspecified atom stereocenters. The SMILES string of the molecule is Cc1cc(N)c2c(OC3CCC(NC(=O)COC(C)C)CC3)cccc2n1.O=C=O. The number of carbonyl (C=O) groups is 1. The van der Waals surface area contributed by atoms with Crippen LogP contribution in [0.4, 0.5) is 5.69 Å². The third-order valence-corrected chi connectivity index (χ3v) is 4.83. The quantitative estimate of drug-likeness (QED) is 0.744. The standard InChI is InChI=1S/C21H29N3O3.CO2/c1-13(2)26-12-20(25)24-15-7-9-16(10-8-15)27-19-6-4-5-18-21(19)17(22)11-14(3)23-18;2-1-3/h4-6,11,13,15-16H,7-10,12H2,1-3H3,(H2,22,23)(H,24,25);. The minimum absolute atomic E-state index is 0.0451. The van der Waals surface area contributed by atoms with Gasteiger partial charge in [-0.2, -0.15) is 9.59 Å². The van der Waals surface area contributed by atoms with Crippen molar-refractivity contribution in [3.63, 3.8) is 0 Å². The largest absolute Gasteiger partial charge is 0.490 e. The molecule has 1 aromatic carbocycles. The first-order valence-corrected chi connectivity index (χ1v) is 10.1. The van der Waals surface area contributed by atoms with Gasteiger partial charge in [0, 0.05) is 17.4 Å². The Morgan fingerprint density at radius 1 is 1.27 bits per heavy atom. The molecule has 1 amide bonds. The summed E-state index contributed by atoms with van der Waals surface area (Å²) in [5, 5.41) is 3.93. The van der Waals surface area contributed by atoms with Crippen LogP contribution in [0, 0.1) is 6.92 Å². The fraction of sp³-hybridized carbons (Fsp3) is 0.500. The van der Waals surface area contributed by atoms with Gasteiger partial charge in [-0.05, 0) is 64.7 Å². The molecule has 3 rings (SSSR count). The van der Waals surface area contributed by atoms with E-state index in [0.717, 1.165) is 48.0 Å². The topological polar surface area (TPSA) is 121 Å². The molecule has 0 spiro atoms. The molecule has 0 saturated heterocycles. The molecule has 1 saturated carbocycles. The van der Waals surface area contributed by atoms with Gasteiger partial charge in [0.2, 0.25) is 5.91 Å². The molecule has 0 aliphatic heterocycles. The zero-order valence-electron chi connectivity index (χ0n) is 17.6. The Kier molecular flexibility index (Phi) is 8.77. The summed E-state index contributed by atoms with van der Waals surface area (Å²) < 4.78 is 11.6. The third-order valence-electron chi connectivity index (χ3n) is 4.83. The Morgan fingerprint density at radius 3 is 2.57 bits per heavy atom. The van der Waals surface area contributed by atoms with Gasteiger partial charge in [0.1, 0.15) is 12.4 Å². The number of nitrogen functional groups attached to an aromatic ring is 1. The van der Waals surface area contributed by atoms with Crippen LogP contribution in [-0.4, -0.2) is 41.9 Å². The highest BCUT2D eigenvalue weighted by Gasteiger charge is 2.24. The number of nitrogens with one attached hydrogen (secondary N) is 1. The predicted octanol–water partition coefficient (Wildman–Crippen LogP) is 2.77. The minimum Gasteiger partial charge on any atom is -0.490 e. The first-order valence-electron chi connectivity index (χ1n) is 10.1. The lowest BCUT2D eigenvalue weighted by molar-refractivity contribution is -0.191. The molecule has 0 radical (unpaired) electrons. The third kappa shape index (κ3) is 6.83. The molecule has 1 fully saturated rings. The maximum atomic E-state index is 11.9. The highest BCUT2D eigenvalue weighted by atomic mass is 16.5. The van der Waals surface area contributed by atoms with Crippen molar-refractivity contribution in [3.8, 4) is 5.75 Å². The number of amides is 1. The molecule has 8 heteroatoms. The second-order valence-corrected chi connectivity index (χ2v) is 7.61. The van der Waals surface area contributed by atoms with Crippen LogP contribution in [0.1, 0.15) is 45.2 Å². The lowest BCUT2D eigenvalue weighted by Crippen LogP contribution is -2.41.